The third kappa shape index (κ3) is 2.33. The van der Waals surface area contributed by atoms with Crippen LogP contribution >= 0.6 is 0 Å². The predicted octanol–water partition coefficient (Wildman–Crippen LogP) is 3.49. The Bertz CT molecular complexity index is 587. The summed E-state index contributed by atoms with van der Waals surface area (Å²) in [7, 11) is 0. The van der Waals surface area contributed by atoms with Crippen molar-refractivity contribution in [1.82, 2.24) is 4.98 Å². The smallest absolute Gasteiger partial charge is 0.211 e. The van der Waals surface area contributed by atoms with Gasteiger partial charge >= 0.3 is 0 Å². The van der Waals surface area contributed by atoms with E-state index in [2.05, 4.69) is 4.98 Å². The van der Waals surface area contributed by atoms with Crippen LogP contribution in [0, 0.1) is 13.8 Å². The van der Waals surface area contributed by atoms with Crippen LogP contribution in [0.2, 0.25) is 0 Å². The highest BCUT2D eigenvalue weighted by molar-refractivity contribution is 6.09. The summed E-state index contributed by atoms with van der Waals surface area (Å²) < 4.78 is 0. The van der Waals surface area contributed by atoms with Crippen molar-refractivity contribution in [2.24, 2.45) is 0 Å². The van der Waals surface area contributed by atoms with Crippen LogP contribution in [0.3, 0.4) is 0 Å². The lowest BCUT2D eigenvalue weighted by molar-refractivity contribution is 0.103. The van der Waals surface area contributed by atoms with Crippen LogP contribution in [0.15, 0.2) is 36.5 Å². The maximum Gasteiger partial charge on any atom is 0.211 e. The van der Waals surface area contributed by atoms with Gasteiger partial charge < -0.3 is 0 Å². The first-order valence-corrected chi connectivity index (χ1v) is 6.19. The highest BCUT2D eigenvalue weighted by Gasteiger charge is 2.15. The second-order valence-corrected chi connectivity index (χ2v) is 4.51. The molecule has 0 aliphatic heterocycles. The highest BCUT2D eigenvalue weighted by atomic mass is 16.1. The third-order valence-electron chi connectivity index (χ3n) is 3.11. The molecule has 0 saturated heterocycles. The molecule has 0 saturated carbocycles. The zero-order valence-electron chi connectivity index (χ0n) is 11.0. The van der Waals surface area contributed by atoms with Crippen molar-refractivity contribution in [2.75, 3.05) is 0 Å². The van der Waals surface area contributed by atoms with E-state index in [0.29, 0.717) is 5.69 Å². The van der Waals surface area contributed by atoms with Crippen LogP contribution in [-0.4, -0.2) is 10.8 Å². The van der Waals surface area contributed by atoms with Crippen LogP contribution in [0.25, 0.3) is 0 Å². The van der Waals surface area contributed by atoms with Crippen molar-refractivity contribution in [3.63, 3.8) is 0 Å². The van der Waals surface area contributed by atoms with Crippen LogP contribution in [0.5, 0.6) is 0 Å². The summed E-state index contributed by atoms with van der Waals surface area (Å²) >= 11 is 0. The van der Waals surface area contributed by atoms with E-state index in [-0.39, 0.29) is 5.78 Å². The molecule has 2 nitrogen and oxygen atoms in total. The quantitative estimate of drug-likeness (QED) is 0.767. The molecule has 1 heterocycles. The van der Waals surface area contributed by atoms with Crippen LogP contribution in [0.1, 0.15) is 39.7 Å². The maximum atomic E-state index is 12.5. The highest BCUT2D eigenvalue weighted by Crippen LogP contribution is 2.17. The van der Waals surface area contributed by atoms with Crippen LogP contribution < -0.4 is 0 Å². The van der Waals surface area contributed by atoms with E-state index in [0.717, 1.165) is 23.1 Å². The number of benzene rings is 1. The molecule has 0 unspecified atom stereocenters. The Labute approximate surface area is 108 Å². The van der Waals surface area contributed by atoms with Crippen molar-refractivity contribution in [1.29, 1.82) is 0 Å². The molecule has 0 amide bonds. The third-order valence-corrected chi connectivity index (χ3v) is 3.11. The average Bonchev–Trinajstić information content (AvgIpc) is 2.38. The minimum atomic E-state index is 0.0185. The molecule has 0 aliphatic carbocycles. The molecule has 2 heteroatoms. The standard InChI is InChI=1S/C16H17NO/c1-4-13-6-5-9-17-15(13)16(18)14-8-7-11(2)10-12(14)3/h5-10H,4H2,1-3H3. The molecule has 1 aromatic carbocycles. The van der Waals surface area contributed by atoms with Gasteiger partial charge in [-0.15, -0.1) is 0 Å². The average molecular weight is 239 g/mol. The van der Waals surface area contributed by atoms with Gasteiger partial charge in [-0.25, -0.2) is 0 Å². The molecule has 0 fully saturated rings. The molecular weight excluding hydrogens is 222 g/mol. The molecular formula is C16H17NO. The number of nitrogens with zero attached hydrogens (tertiary/aromatic N) is 1. The molecule has 92 valence electrons. The summed E-state index contributed by atoms with van der Waals surface area (Å²) in [4.78, 5) is 16.7. The van der Waals surface area contributed by atoms with Gasteiger partial charge in [-0.1, -0.05) is 36.8 Å². The molecule has 0 bridgehead atoms. The van der Waals surface area contributed by atoms with Gasteiger partial charge in [0.1, 0.15) is 5.69 Å². The van der Waals surface area contributed by atoms with Gasteiger partial charge in [0.2, 0.25) is 5.78 Å². The van der Waals surface area contributed by atoms with Gasteiger partial charge in [-0.3, -0.25) is 9.78 Å². The predicted molar refractivity (Wildman–Crippen MR) is 73.0 cm³/mol. The second kappa shape index (κ2) is 5.13. The van der Waals surface area contributed by atoms with Gasteiger partial charge in [0.05, 0.1) is 0 Å². The molecule has 0 aliphatic rings. The first-order valence-electron chi connectivity index (χ1n) is 6.19. The number of carbonyl (C=O) groups excluding carboxylic acids is 1. The van der Waals surface area contributed by atoms with E-state index in [9.17, 15) is 4.79 Å². The van der Waals surface area contributed by atoms with Gasteiger partial charge in [0, 0.05) is 11.8 Å². The second-order valence-electron chi connectivity index (χ2n) is 4.51. The Morgan fingerprint density at radius 1 is 1.22 bits per heavy atom. The zero-order chi connectivity index (χ0) is 13.1. The summed E-state index contributed by atoms with van der Waals surface area (Å²) in [5.74, 6) is 0.0185. The van der Waals surface area contributed by atoms with E-state index < -0.39 is 0 Å². The fraction of sp³-hybridized carbons (Fsp3) is 0.250. The van der Waals surface area contributed by atoms with E-state index in [4.69, 9.17) is 0 Å². The normalized spacial score (nSPS) is 10.4. The zero-order valence-corrected chi connectivity index (χ0v) is 11.0. The van der Waals surface area contributed by atoms with Gasteiger partial charge in [0.25, 0.3) is 0 Å². The lowest BCUT2D eigenvalue weighted by Gasteiger charge is -2.08. The van der Waals surface area contributed by atoms with Crippen molar-refractivity contribution in [2.45, 2.75) is 27.2 Å². The molecule has 2 rings (SSSR count). The SMILES string of the molecule is CCc1cccnc1C(=O)c1ccc(C)cc1C. The van der Waals surface area contributed by atoms with Gasteiger partial charge in [0.15, 0.2) is 0 Å². The number of pyridine rings is 1. The maximum absolute atomic E-state index is 12.5. The first-order chi connectivity index (χ1) is 8.63. The summed E-state index contributed by atoms with van der Waals surface area (Å²) in [6.07, 6.45) is 2.50. The van der Waals surface area contributed by atoms with Gasteiger partial charge in [-0.2, -0.15) is 0 Å². The lowest BCUT2D eigenvalue weighted by Crippen LogP contribution is -2.09. The van der Waals surface area contributed by atoms with Crippen molar-refractivity contribution < 1.29 is 4.79 Å². The Hall–Kier alpha value is -1.96. The lowest BCUT2D eigenvalue weighted by atomic mass is 9.97. The molecule has 0 atom stereocenters. The van der Waals surface area contributed by atoms with Crippen molar-refractivity contribution >= 4 is 5.78 Å². The molecule has 18 heavy (non-hydrogen) atoms. The van der Waals surface area contributed by atoms with E-state index in [1.165, 1.54) is 5.56 Å². The monoisotopic (exact) mass is 239 g/mol. The molecule has 0 radical (unpaired) electrons. The molecule has 2 aromatic rings. The summed E-state index contributed by atoms with van der Waals surface area (Å²) in [6.45, 7) is 6.03. The van der Waals surface area contributed by atoms with E-state index >= 15 is 0 Å². The largest absolute Gasteiger partial charge is 0.287 e. The number of ketones is 1. The Balaban J connectivity index is 2.48. The fourth-order valence-electron chi connectivity index (χ4n) is 2.12. The number of carbonyl (C=O) groups is 1. The topological polar surface area (TPSA) is 30.0 Å². The van der Waals surface area contributed by atoms with Crippen molar-refractivity contribution in [3.05, 3.63) is 64.5 Å². The Morgan fingerprint density at radius 2 is 2.00 bits per heavy atom. The summed E-state index contributed by atoms with van der Waals surface area (Å²) in [6, 6.07) is 9.72. The van der Waals surface area contributed by atoms with E-state index in [1.54, 1.807) is 6.20 Å². The van der Waals surface area contributed by atoms with Crippen molar-refractivity contribution in [3.8, 4) is 0 Å². The molecule has 0 spiro atoms. The first kappa shape index (κ1) is 12.5. The summed E-state index contributed by atoms with van der Waals surface area (Å²) in [5, 5.41) is 0. The number of aromatic nitrogens is 1. The van der Waals surface area contributed by atoms with Gasteiger partial charge in [-0.05, 0) is 37.5 Å². The number of hydrogen-bond acceptors (Lipinski definition) is 2. The summed E-state index contributed by atoms with van der Waals surface area (Å²) in [5.41, 5.74) is 4.50. The van der Waals surface area contributed by atoms with Crippen LogP contribution in [0.4, 0.5) is 0 Å². The molecule has 1 aromatic heterocycles. The Kier molecular flexibility index (Phi) is 3.56. The minimum absolute atomic E-state index is 0.0185. The Morgan fingerprint density at radius 3 is 2.67 bits per heavy atom. The van der Waals surface area contributed by atoms with Crippen LogP contribution in [-0.2, 0) is 6.42 Å². The number of aryl methyl sites for hydroxylation is 3. The minimum Gasteiger partial charge on any atom is -0.287 e. The van der Waals surface area contributed by atoms with E-state index in [1.807, 2.05) is 51.1 Å². The fourth-order valence-corrected chi connectivity index (χ4v) is 2.12. The number of hydrogen-bond donors (Lipinski definition) is 0. The molecule has 0 N–H and O–H groups in total. The number of rotatable bonds is 3.